The lowest BCUT2D eigenvalue weighted by Crippen LogP contribution is -2.29. The van der Waals surface area contributed by atoms with E-state index in [-0.39, 0.29) is 6.04 Å². The lowest BCUT2D eigenvalue weighted by molar-refractivity contribution is 0.602. The summed E-state index contributed by atoms with van der Waals surface area (Å²) < 4.78 is 24.2. The summed E-state index contributed by atoms with van der Waals surface area (Å²) in [5.41, 5.74) is 1.98. The summed E-state index contributed by atoms with van der Waals surface area (Å²) >= 11 is 3.49. The summed E-state index contributed by atoms with van der Waals surface area (Å²) in [4.78, 5) is 7.18. The first kappa shape index (κ1) is 16.2. The SMILES string of the molecule is CC1CN(c2ccc(S(C)(=O)=O)cc2)C(c2cccc(Br)c2)=N1. The number of benzene rings is 2. The Kier molecular flexibility index (Phi) is 4.29. The van der Waals surface area contributed by atoms with Gasteiger partial charge >= 0.3 is 0 Å². The largest absolute Gasteiger partial charge is 0.324 e. The molecule has 1 heterocycles. The summed E-state index contributed by atoms with van der Waals surface area (Å²) in [6.07, 6.45) is 1.22. The van der Waals surface area contributed by atoms with E-state index in [2.05, 4.69) is 27.8 Å². The van der Waals surface area contributed by atoms with Gasteiger partial charge in [-0.25, -0.2) is 8.42 Å². The fourth-order valence-corrected chi connectivity index (χ4v) is 3.66. The maximum atomic E-state index is 11.6. The molecule has 0 N–H and O–H groups in total. The van der Waals surface area contributed by atoms with Gasteiger partial charge in [0.25, 0.3) is 0 Å². The van der Waals surface area contributed by atoms with Crippen LogP contribution in [0, 0.1) is 0 Å². The Balaban J connectivity index is 1.97. The van der Waals surface area contributed by atoms with Crippen LogP contribution in [-0.4, -0.2) is 33.1 Å². The summed E-state index contributed by atoms with van der Waals surface area (Å²) in [5.74, 6) is 0.908. The molecule has 120 valence electrons. The van der Waals surface area contributed by atoms with E-state index in [4.69, 9.17) is 4.99 Å². The molecular formula is C17H17BrN2O2S. The Morgan fingerprint density at radius 1 is 1.17 bits per heavy atom. The van der Waals surface area contributed by atoms with E-state index in [0.29, 0.717) is 4.90 Å². The molecule has 1 aliphatic rings. The van der Waals surface area contributed by atoms with Crippen molar-refractivity contribution in [2.45, 2.75) is 17.9 Å². The van der Waals surface area contributed by atoms with Crippen LogP contribution in [0.2, 0.25) is 0 Å². The van der Waals surface area contributed by atoms with Crippen LogP contribution >= 0.6 is 15.9 Å². The molecule has 4 nitrogen and oxygen atoms in total. The predicted molar refractivity (Wildman–Crippen MR) is 97.0 cm³/mol. The Morgan fingerprint density at radius 2 is 1.87 bits per heavy atom. The van der Waals surface area contributed by atoms with Crippen molar-refractivity contribution in [2.24, 2.45) is 4.99 Å². The number of halogens is 1. The van der Waals surface area contributed by atoms with Gasteiger partial charge in [0.1, 0.15) is 5.84 Å². The average molecular weight is 393 g/mol. The second-order valence-electron chi connectivity index (χ2n) is 5.69. The molecule has 0 aliphatic carbocycles. The molecule has 6 heteroatoms. The molecule has 0 spiro atoms. The average Bonchev–Trinajstić information content (AvgIpc) is 2.88. The third-order valence-corrected chi connectivity index (χ3v) is 5.33. The Morgan fingerprint density at radius 3 is 2.48 bits per heavy atom. The predicted octanol–water partition coefficient (Wildman–Crippen LogP) is 3.51. The van der Waals surface area contributed by atoms with E-state index in [0.717, 1.165) is 28.1 Å². The van der Waals surface area contributed by atoms with Crippen molar-refractivity contribution in [1.82, 2.24) is 0 Å². The highest BCUT2D eigenvalue weighted by Gasteiger charge is 2.25. The zero-order valence-corrected chi connectivity index (χ0v) is 15.3. The van der Waals surface area contributed by atoms with Gasteiger partial charge in [0.2, 0.25) is 0 Å². The highest BCUT2D eigenvalue weighted by molar-refractivity contribution is 9.10. The number of anilines is 1. The quantitative estimate of drug-likeness (QED) is 0.802. The zero-order valence-electron chi connectivity index (χ0n) is 12.9. The Hall–Kier alpha value is -1.66. The van der Waals surface area contributed by atoms with Crippen molar-refractivity contribution >= 4 is 37.3 Å². The number of hydrogen-bond acceptors (Lipinski definition) is 4. The fourth-order valence-electron chi connectivity index (χ4n) is 2.63. The summed E-state index contributed by atoms with van der Waals surface area (Å²) in [5, 5.41) is 0. The number of hydrogen-bond donors (Lipinski definition) is 0. The number of rotatable bonds is 3. The molecule has 0 radical (unpaired) electrons. The summed E-state index contributed by atoms with van der Waals surface area (Å²) in [6.45, 7) is 2.85. The van der Waals surface area contributed by atoms with Gasteiger partial charge in [-0.1, -0.05) is 28.1 Å². The molecule has 0 amide bonds. The molecule has 0 fully saturated rings. The van der Waals surface area contributed by atoms with Crippen molar-refractivity contribution in [3.63, 3.8) is 0 Å². The fraction of sp³-hybridized carbons (Fsp3) is 0.235. The first-order chi connectivity index (χ1) is 10.8. The lowest BCUT2D eigenvalue weighted by Gasteiger charge is -2.21. The maximum absolute atomic E-state index is 11.6. The molecule has 2 aromatic rings. The number of nitrogens with zero attached hydrogens (tertiary/aromatic N) is 2. The van der Waals surface area contributed by atoms with Crippen molar-refractivity contribution < 1.29 is 8.42 Å². The first-order valence-electron chi connectivity index (χ1n) is 7.26. The van der Waals surface area contributed by atoms with E-state index >= 15 is 0 Å². The van der Waals surface area contributed by atoms with Gasteiger partial charge in [-0.05, 0) is 43.3 Å². The van der Waals surface area contributed by atoms with Crippen LogP contribution in [0.3, 0.4) is 0 Å². The zero-order chi connectivity index (χ0) is 16.6. The number of aliphatic imine (C=N–C) groups is 1. The van der Waals surface area contributed by atoms with Crippen molar-refractivity contribution in [3.05, 3.63) is 58.6 Å². The molecule has 1 atom stereocenters. The van der Waals surface area contributed by atoms with Crippen LogP contribution in [0.4, 0.5) is 5.69 Å². The Labute approximate surface area is 144 Å². The highest BCUT2D eigenvalue weighted by atomic mass is 79.9. The molecular weight excluding hydrogens is 376 g/mol. The lowest BCUT2D eigenvalue weighted by atomic mass is 10.2. The molecule has 0 saturated heterocycles. The Bertz CT molecular complexity index is 860. The van der Waals surface area contributed by atoms with Crippen molar-refractivity contribution in [3.8, 4) is 0 Å². The van der Waals surface area contributed by atoms with Crippen LogP contribution in [0.25, 0.3) is 0 Å². The first-order valence-corrected chi connectivity index (χ1v) is 9.94. The smallest absolute Gasteiger partial charge is 0.175 e. The summed E-state index contributed by atoms with van der Waals surface area (Å²) in [7, 11) is -3.18. The van der Waals surface area contributed by atoms with Crippen LogP contribution in [0.1, 0.15) is 12.5 Å². The standard InChI is InChI=1S/C17H17BrN2O2S/c1-12-11-20(15-6-8-16(9-7-15)23(2,21)22)17(19-12)13-4-3-5-14(18)10-13/h3-10,12H,11H2,1-2H3. The van der Waals surface area contributed by atoms with E-state index in [1.54, 1.807) is 12.1 Å². The van der Waals surface area contributed by atoms with Gasteiger partial charge in [-0.15, -0.1) is 0 Å². The van der Waals surface area contributed by atoms with Crippen molar-refractivity contribution in [1.29, 1.82) is 0 Å². The highest BCUT2D eigenvalue weighted by Crippen LogP contribution is 2.26. The topological polar surface area (TPSA) is 49.7 Å². The van der Waals surface area contributed by atoms with Gasteiger partial charge in [0.05, 0.1) is 10.9 Å². The molecule has 23 heavy (non-hydrogen) atoms. The van der Waals surface area contributed by atoms with E-state index in [1.165, 1.54) is 6.26 Å². The normalized spacial score (nSPS) is 18.1. The minimum Gasteiger partial charge on any atom is -0.324 e. The molecule has 3 rings (SSSR count). The van der Waals surface area contributed by atoms with Crippen LogP contribution in [0.5, 0.6) is 0 Å². The van der Waals surface area contributed by atoms with Gasteiger partial charge in [0.15, 0.2) is 9.84 Å². The molecule has 0 bridgehead atoms. The van der Waals surface area contributed by atoms with Gasteiger partial charge in [-0.3, -0.25) is 4.99 Å². The summed E-state index contributed by atoms with van der Waals surface area (Å²) in [6, 6.07) is 15.2. The molecule has 2 aromatic carbocycles. The third kappa shape index (κ3) is 3.48. The monoisotopic (exact) mass is 392 g/mol. The molecule has 1 unspecified atom stereocenters. The second-order valence-corrected chi connectivity index (χ2v) is 8.62. The molecule has 0 saturated carbocycles. The molecule has 0 aromatic heterocycles. The van der Waals surface area contributed by atoms with Gasteiger partial charge < -0.3 is 4.90 Å². The minimum atomic E-state index is -3.18. The second kappa shape index (κ2) is 6.09. The maximum Gasteiger partial charge on any atom is 0.175 e. The van der Waals surface area contributed by atoms with Gasteiger partial charge in [-0.2, -0.15) is 0 Å². The molecule has 1 aliphatic heterocycles. The van der Waals surface area contributed by atoms with E-state index < -0.39 is 9.84 Å². The van der Waals surface area contributed by atoms with E-state index in [9.17, 15) is 8.42 Å². The minimum absolute atomic E-state index is 0.193. The van der Waals surface area contributed by atoms with Crippen LogP contribution in [0.15, 0.2) is 62.9 Å². The van der Waals surface area contributed by atoms with E-state index in [1.807, 2.05) is 36.4 Å². The van der Waals surface area contributed by atoms with Crippen LogP contribution in [-0.2, 0) is 9.84 Å². The number of amidine groups is 1. The van der Waals surface area contributed by atoms with Crippen molar-refractivity contribution in [2.75, 3.05) is 17.7 Å². The van der Waals surface area contributed by atoms with Crippen LogP contribution < -0.4 is 4.90 Å². The van der Waals surface area contributed by atoms with Gasteiger partial charge in [0, 0.05) is 28.5 Å². The third-order valence-electron chi connectivity index (χ3n) is 3.70. The number of sulfone groups is 1.